The van der Waals surface area contributed by atoms with Crippen LogP contribution in [0.2, 0.25) is 0 Å². The van der Waals surface area contributed by atoms with E-state index in [9.17, 15) is 19.5 Å². The molecule has 0 saturated carbocycles. The van der Waals surface area contributed by atoms with Crippen molar-refractivity contribution in [2.45, 2.75) is 26.4 Å². The lowest BCUT2D eigenvalue weighted by molar-refractivity contribution is -0.149. The first kappa shape index (κ1) is 20.3. The molecule has 0 fully saturated rings. The fourth-order valence-corrected chi connectivity index (χ4v) is 2.81. The van der Waals surface area contributed by atoms with E-state index < -0.39 is 23.3 Å². The van der Waals surface area contributed by atoms with E-state index in [4.69, 9.17) is 4.74 Å². The lowest BCUT2D eigenvalue weighted by atomic mass is 10.0. The number of carbonyl (C=O) groups excluding carboxylic acids is 3. The van der Waals surface area contributed by atoms with Gasteiger partial charge in [-0.3, -0.25) is 4.79 Å². The Bertz CT molecular complexity index is 907. The molecule has 1 N–H and O–H groups in total. The number of ether oxygens (including phenoxy) is 2. The van der Waals surface area contributed by atoms with Gasteiger partial charge in [0.15, 0.2) is 0 Å². The van der Waals surface area contributed by atoms with Gasteiger partial charge in [-0.2, -0.15) is 0 Å². The van der Waals surface area contributed by atoms with Gasteiger partial charge in [0, 0.05) is 0 Å². The second kappa shape index (κ2) is 8.13. The molecule has 0 spiro atoms. The van der Waals surface area contributed by atoms with E-state index in [0.717, 1.165) is 11.3 Å². The minimum absolute atomic E-state index is 0.0423. The SMILES string of the molecule is COC(=O)c1cnc(C=C(C(=O)OC(C)(C)C)C(=O)c2ccccc2O)s1. The predicted molar refractivity (Wildman–Crippen MR) is 99.7 cm³/mol. The zero-order chi connectivity index (χ0) is 20.2. The summed E-state index contributed by atoms with van der Waals surface area (Å²) in [6.45, 7) is 5.02. The average molecular weight is 389 g/mol. The zero-order valence-corrected chi connectivity index (χ0v) is 16.1. The quantitative estimate of drug-likeness (QED) is 0.275. The monoisotopic (exact) mass is 389 g/mol. The normalized spacial score (nSPS) is 11.8. The highest BCUT2D eigenvalue weighted by atomic mass is 32.1. The summed E-state index contributed by atoms with van der Waals surface area (Å²) in [5.41, 5.74) is -1.17. The van der Waals surface area contributed by atoms with E-state index >= 15 is 0 Å². The third-order valence-corrected chi connectivity index (χ3v) is 4.11. The van der Waals surface area contributed by atoms with Gasteiger partial charge in [-0.05, 0) is 39.0 Å². The van der Waals surface area contributed by atoms with Gasteiger partial charge in [0.2, 0.25) is 5.78 Å². The van der Waals surface area contributed by atoms with Crippen molar-refractivity contribution in [3.05, 3.63) is 51.5 Å². The van der Waals surface area contributed by atoms with Crippen LogP contribution in [0.4, 0.5) is 0 Å². The van der Waals surface area contributed by atoms with Gasteiger partial charge in [0.05, 0.1) is 18.9 Å². The van der Waals surface area contributed by atoms with Gasteiger partial charge in [-0.25, -0.2) is 14.6 Å². The molecule has 0 bridgehead atoms. The molecule has 0 amide bonds. The number of phenols is 1. The topological polar surface area (TPSA) is 103 Å². The highest BCUT2D eigenvalue weighted by Gasteiger charge is 2.27. The van der Waals surface area contributed by atoms with Crippen LogP contribution in [-0.2, 0) is 14.3 Å². The zero-order valence-electron chi connectivity index (χ0n) is 15.3. The summed E-state index contributed by atoms with van der Waals surface area (Å²) in [5, 5.41) is 10.2. The van der Waals surface area contributed by atoms with E-state index in [2.05, 4.69) is 9.72 Å². The number of aromatic hydroxyl groups is 1. The standard InChI is InChI=1S/C19H19NO6S/c1-19(2,3)26-17(23)12(16(22)11-7-5-6-8-13(11)21)9-15-20-10-14(27-15)18(24)25-4/h5-10,21H,1-4H3. The minimum Gasteiger partial charge on any atom is -0.507 e. The third-order valence-electron chi connectivity index (χ3n) is 3.19. The molecule has 0 aliphatic heterocycles. The summed E-state index contributed by atoms with van der Waals surface area (Å²) in [5.74, 6) is -2.40. The number of para-hydroxylation sites is 1. The Hall–Kier alpha value is -3.00. The molecular formula is C19H19NO6S. The fourth-order valence-electron chi connectivity index (χ4n) is 2.03. The Balaban J connectivity index is 2.48. The van der Waals surface area contributed by atoms with Crippen LogP contribution in [0.1, 0.15) is 45.8 Å². The van der Waals surface area contributed by atoms with E-state index in [1.807, 2.05) is 0 Å². The van der Waals surface area contributed by atoms with E-state index in [0.29, 0.717) is 0 Å². The lowest BCUT2D eigenvalue weighted by Gasteiger charge is -2.20. The van der Waals surface area contributed by atoms with Crippen molar-refractivity contribution in [3.63, 3.8) is 0 Å². The Kier molecular flexibility index (Phi) is 6.12. The van der Waals surface area contributed by atoms with Crippen LogP contribution in [0.15, 0.2) is 36.0 Å². The Morgan fingerprint density at radius 1 is 1.19 bits per heavy atom. The molecule has 2 rings (SSSR count). The Morgan fingerprint density at radius 3 is 2.44 bits per heavy atom. The van der Waals surface area contributed by atoms with Crippen molar-refractivity contribution in [1.82, 2.24) is 4.98 Å². The minimum atomic E-state index is -0.856. The molecule has 0 aliphatic carbocycles. The van der Waals surface area contributed by atoms with Crippen LogP contribution in [-0.4, -0.2) is 40.5 Å². The molecule has 27 heavy (non-hydrogen) atoms. The maximum absolute atomic E-state index is 12.9. The number of Topliss-reactive ketones (excluding diaryl/α,β-unsaturated/α-hetero) is 1. The van der Waals surface area contributed by atoms with Crippen molar-refractivity contribution >= 4 is 35.1 Å². The molecule has 0 saturated heterocycles. The van der Waals surface area contributed by atoms with E-state index in [1.54, 1.807) is 32.9 Å². The van der Waals surface area contributed by atoms with Crippen molar-refractivity contribution < 1.29 is 29.0 Å². The number of hydrogen-bond acceptors (Lipinski definition) is 8. The van der Waals surface area contributed by atoms with Gasteiger partial charge >= 0.3 is 11.9 Å². The van der Waals surface area contributed by atoms with Crippen LogP contribution in [0.3, 0.4) is 0 Å². The van der Waals surface area contributed by atoms with Crippen LogP contribution >= 0.6 is 11.3 Å². The summed E-state index contributed by atoms with van der Waals surface area (Å²) in [4.78, 5) is 41.2. The molecular weight excluding hydrogens is 370 g/mol. The molecule has 2 aromatic rings. The fraction of sp³-hybridized carbons (Fsp3) is 0.263. The first-order valence-electron chi connectivity index (χ1n) is 7.94. The smallest absolute Gasteiger partial charge is 0.349 e. The molecule has 142 valence electrons. The van der Waals surface area contributed by atoms with Crippen molar-refractivity contribution in [2.24, 2.45) is 0 Å². The number of thiazole rings is 1. The highest BCUT2D eigenvalue weighted by molar-refractivity contribution is 7.14. The number of methoxy groups -OCH3 is 1. The first-order chi connectivity index (χ1) is 12.6. The molecule has 7 nitrogen and oxygen atoms in total. The van der Waals surface area contributed by atoms with Gasteiger partial charge in [-0.15, -0.1) is 11.3 Å². The van der Waals surface area contributed by atoms with Crippen molar-refractivity contribution in [1.29, 1.82) is 0 Å². The summed E-state index contributed by atoms with van der Waals surface area (Å²) in [7, 11) is 1.24. The number of rotatable bonds is 5. The van der Waals surface area contributed by atoms with Gasteiger partial charge in [0.1, 0.15) is 26.8 Å². The second-order valence-electron chi connectivity index (χ2n) is 6.46. The third kappa shape index (κ3) is 5.24. The number of hydrogen-bond donors (Lipinski definition) is 1. The van der Waals surface area contributed by atoms with E-state index in [1.165, 1.54) is 31.5 Å². The average Bonchev–Trinajstić information content (AvgIpc) is 3.06. The molecule has 0 aliphatic rings. The molecule has 1 aromatic carbocycles. The summed E-state index contributed by atoms with van der Waals surface area (Å²) < 4.78 is 9.93. The van der Waals surface area contributed by atoms with E-state index in [-0.39, 0.29) is 26.8 Å². The highest BCUT2D eigenvalue weighted by Crippen LogP contribution is 2.24. The number of esters is 2. The predicted octanol–water partition coefficient (Wildman–Crippen LogP) is 3.24. The number of nitrogens with zero attached hydrogens (tertiary/aromatic N) is 1. The van der Waals surface area contributed by atoms with Crippen LogP contribution in [0.5, 0.6) is 5.75 Å². The molecule has 0 radical (unpaired) electrons. The molecule has 8 heteroatoms. The van der Waals surface area contributed by atoms with Crippen molar-refractivity contribution in [2.75, 3.05) is 7.11 Å². The number of ketones is 1. The van der Waals surface area contributed by atoms with Crippen LogP contribution in [0, 0.1) is 0 Å². The Morgan fingerprint density at radius 2 is 1.85 bits per heavy atom. The summed E-state index contributed by atoms with van der Waals surface area (Å²) >= 11 is 0.962. The second-order valence-corrected chi connectivity index (χ2v) is 7.52. The number of aromatic nitrogens is 1. The maximum Gasteiger partial charge on any atom is 0.349 e. The van der Waals surface area contributed by atoms with Crippen LogP contribution < -0.4 is 0 Å². The molecule has 1 aromatic heterocycles. The van der Waals surface area contributed by atoms with Gasteiger partial charge < -0.3 is 14.6 Å². The molecule has 0 unspecified atom stereocenters. The number of carbonyl (C=O) groups is 3. The van der Waals surface area contributed by atoms with Crippen molar-refractivity contribution in [3.8, 4) is 5.75 Å². The number of benzene rings is 1. The number of phenolic OH excluding ortho intramolecular Hbond substituents is 1. The molecule has 1 heterocycles. The lowest BCUT2D eigenvalue weighted by Crippen LogP contribution is -2.27. The van der Waals surface area contributed by atoms with Gasteiger partial charge in [-0.1, -0.05) is 12.1 Å². The summed E-state index contributed by atoms with van der Waals surface area (Å²) in [6, 6.07) is 5.88. The first-order valence-corrected chi connectivity index (χ1v) is 8.76. The van der Waals surface area contributed by atoms with Gasteiger partial charge in [0.25, 0.3) is 0 Å². The summed E-state index contributed by atoms with van der Waals surface area (Å²) in [6.07, 6.45) is 2.53. The largest absolute Gasteiger partial charge is 0.507 e. The van der Waals surface area contributed by atoms with Crippen LogP contribution in [0.25, 0.3) is 6.08 Å². The molecule has 0 atom stereocenters. The Labute approximate surface area is 160 Å². The maximum atomic E-state index is 12.9.